The van der Waals surface area contributed by atoms with Crippen molar-refractivity contribution in [3.8, 4) is 5.75 Å². The molecule has 7 heteroatoms. The van der Waals surface area contributed by atoms with Crippen molar-refractivity contribution < 1.29 is 33.3 Å². The molecule has 29 heavy (non-hydrogen) atoms. The van der Waals surface area contributed by atoms with E-state index in [1.54, 1.807) is 26.8 Å². The molecule has 7 nitrogen and oxygen atoms in total. The van der Waals surface area contributed by atoms with Gasteiger partial charge in [-0.15, -0.1) is 0 Å². The minimum absolute atomic E-state index is 0.0404. The molecule has 0 N–H and O–H groups in total. The van der Waals surface area contributed by atoms with Gasteiger partial charge in [-0.25, -0.2) is 14.4 Å². The molecule has 0 saturated heterocycles. The van der Waals surface area contributed by atoms with Crippen molar-refractivity contribution in [1.82, 2.24) is 0 Å². The molecule has 0 saturated carbocycles. The predicted molar refractivity (Wildman–Crippen MR) is 105 cm³/mol. The smallest absolute Gasteiger partial charge is 0.352 e. The van der Waals surface area contributed by atoms with Crippen LogP contribution in [0, 0.1) is 0 Å². The number of carbonyl (C=O) groups excluding carboxylic acids is 3. The molecule has 1 atom stereocenters. The first-order chi connectivity index (χ1) is 14.0. The van der Waals surface area contributed by atoms with E-state index in [1.165, 1.54) is 0 Å². The molecule has 0 radical (unpaired) electrons. The van der Waals surface area contributed by atoms with Crippen molar-refractivity contribution >= 4 is 34.3 Å². The lowest BCUT2D eigenvalue weighted by Crippen LogP contribution is -2.39. The zero-order valence-electron chi connectivity index (χ0n) is 16.5. The molecule has 0 aliphatic carbocycles. The second-order valence-corrected chi connectivity index (χ2v) is 6.14. The van der Waals surface area contributed by atoms with Gasteiger partial charge in [0.15, 0.2) is 0 Å². The van der Waals surface area contributed by atoms with E-state index in [4.69, 9.17) is 18.9 Å². The van der Waals surface area contributed by atoms with Crippen molar-refractivity contribution in [2.45, 2.75) is 26.9 Å². The maximum absolute atomic E-state index is 13.0. The number of hydrogen-bond acceptors (Lipinski definition) is 7. The molecule has 2 aromatic rings. The van der Waals surface area contributed by atoms with Crippen LogP contribution in [0.25, 0.3) is 16.3 Å². The Morgan fingerprint density at radius 3 is 2.21 bits per heavy atom. The SMILES string of the molecule is CCOC(=O)C1=C(C(=O)OCC)C(C(=O)OCC)Oc2ccc3ccccc3c21. The molecule has 1 aliphatic heterocycles. The first kappa shape index (κ1) is 20.4. The van der Waals surface area contributed by atoms with E-state index in [9.17, 15) is 14.4 Å². The van der Waals surface area contributed by atoms with Gasteiger partial charge in [-0.2, -0.15) is 0 Å². The molecular weight excluding hydrogens is 376 g/mol. The fourth-order valence-electron chi connectivity index (χ4n) is 3.28. The maximum atomic E-state index is 13.0. The summed E-state index contributed by atoms with van der Waals surface area (Å²) in [6.07, 6.45) is -1.43. The number of hydrogen-bond donors (Lipinski definition) is 0. The highest BCUT2D eigenvalue weighted by Gasteiger charge is 2.43. The fraction of sp³-hybridized carbons (Fsp3) is 0.318. The van der Waals surface area contributed by atoms with Crippen LogP contribution in [0.15, 0.2) is 42.0 Å². The van der Waals surface area contributed by atoms with E-state index >= 15 is 0 Å². The van der Waals surface area contributed by atoms with Gasteiger partial charge >= 0.3 is 17.9 Å². The van der Waals surface area contributed by atoms with Crippen LogP contribution >= 0.6 is 0 Å². The topological polar surface area (TPSA) is 88.1 Å². The quantitative estimate of drug-likeness (QED) is 0.546. The Morgan fingerprint density at radius 1 is 0.862 bits per heavy atom. The third-order valence-corrected chi connectivity index (χ3v) is 4.39. The van der Waals surface area contributed by atoms with Crippen molar-refractivity contribution in [1.29, 1.82) is 0 Å². The summed E-state index contributed by atoms with van der Waals surface area (Å²) in [5.74, 6) is -2.05. The third kappa shape index (κ3) is 3.81. The van der Waals surface area contributed by atoms with Crippen LogP contribution < -0.4 is 4.74 Å². The zero-order valence-corrected chi connectivity index (χ0v) is 16.5. The fourth-order valence-corrected chi connectivity index (χ4v) is 3.28. The van der Waals surface area contributed by atoms with Gasteiger partial charge in [-0.3, -0.25) is 0 Å². The van der Waals surface area contributed by atoms with Gasteiger partial charge in [0.1, 0.15) is 11.3 Å². The number of fused-ring (bicyclic) bond motifs is 3. The van der Waals surface area contributed by atoms with Gasteiger partial charge in [0.05, 0.1) is 25.4 Å². The molecule has 0 fully saturated rings. The number of rotatable bonds is 6. The van der Waals surface area contributed by atoms with Gasteiger partial charge in [0.2, 0.25) is 6.10 Å². The van der Waals surface area contributed by atoms with Crippen LogP contribution in [0.3, 0.4) is 0 Å². The normalized spacial score (nSPS) is 15.3. The van der Waals surface area contributed by atoms with Crippen LogP contribution in [0.2, 0.25) is 0 Å². The van der Waals surface area contributed by atoms with E-state index in [-0.39, 0.29) is 36.7 Å². The Morgan fingerprint density at radius 2 is 1.52 bits per heavy atom. The standard InChI is InChI=1S/C22H22O7/c1-4-26-20(23)17-16-14-10-8-7-9-13(14)11-12-15(16)29-19(22(25)28-6-3)18(17)21(24)27-5-2/h7-12,19H,4-6H2,1-3H3. The van der Waals surface area contributed by atoms with Gasteiger partial charge in [-0.05, 0) is 37.6 Å². The molecule has 0 amide bonds. The summed E-state index contributed by atoms with van der Waals surface area (Å²) in [5, 5.41) is 1.53. The van der Waals surface area contributed by atoms with Gasteiger partial charge in [0.25, 0.3) is 0 Å². The average molecular weight is 398 g/mol. The van der Waals surface area contributed by atoms with Crippen LogP contribution in [-0.4, -0.2) is 43.8 Å². The Hall–Kier alpha value is -3.35. The van der Waals surface area contributed by atoms with Crippen LogP contribution in [-0.2, 0) is 28.6 Å². The van der Waals surface area contributed by atoms with Crippen LogP contribution in [0.4, 0.5) is 0 Å². The summed E-state index contributed by atoms with van der Waals surface area (Å²) >= 11 is 0. The van der Waals surface area contributed by atoms with E-state index in [0.717, 1.165) is 5.39 Å². The Labute approximate surface area is 168 Å². The lowest BCUT2D eigenvalue weighted by Gasteiger charge is -2.29. The molecule has 3 rings (SSSR count). The number of carbonyl (C=O) groups is 3. The van der Waals surface area contributed by atoms with E-state index in [0.29, 0.717) is 10.9 Å². The van der Waals surface area contributed by atoms with Gasteiger partial charge in [-0.1, -0.05) is 30.3 Å². The number of benzene rings is 2. The van der Waals surface area contributed by atoms with E-state index < -0.39 is 24.0 Å². The first-order valence-electron chi connectivity index (χ1n) is 9.47. The zero-order chi connectivity index (χ0) is 21.0. The predicted octanol–water partition coefficient (Wildman–Crippen LogP) is 3.04. The lowest BCUT2D eigenvalue weighted by molar-refractivity contribution is -0.153. The lowest BCUT2D eigenvalue weighted by atomic mass is 9.89. The highest BCUT2D eigenvalue weighted by Crippen LogP contribution is 2.42. The minimum atomic E-state index is -1.43. The molecule has 152 valence electrons. The van der Waals surface area contributed by atoms with Crippen LogP contribution in [0.1, 0.15) is 26.3 Å². The van der Waals surface area contributed by atoms with Gasteiger partial charge in [0, 0.05) is 5.56 Å². The molecule has 0 spiro atoms. The molecule has 1 unspecified atom stereocenters. The highest BCUT2D eigenvalue weighted by molar-refractivity contribution is 6.28. The number of esters is 3. The van der Waals surface area contributed by atoms with Crippen molar-refractivity contribution in [3.05, 3.63) is 47.5 Å². The molecule has 2 aromatic carbocycles. The summed E-state index contributed by atoms with van der Waals surface area (Å²) in [6, 6.07) is 10.8. The van der Waals surface area contributed by atoms with Gasteiger partial charge < -0.3 is 18.9 Å². The number of ether oxygens (including phenoxy) is 4. The van der Waals surface area contributed by atoms with Crippen molar-refractivity contribution in [3.63, 3.8) is 0 Å². The summed E-state index contributed by atoms with van der Waals surface area (Å²) in [5.41, 5.74) is 0.138. The molecule has 0 bridgehead atoms. The van der Waals surface area contributed by atoms with E-state index in [2.05, 4.69) is 0 Å². The van der Waals surface area contributed by atoms with Crippen molar-refractivity contribution in [2.75, 3.05) is 19.8 Å². The van der Waals surface area contributed by atoms with Crippen LogP contribution in [0.5, 0.6) is 5.75 Å². The second kappa shape index (κ2) is 8.77. The maximum Gasteiger partial charge on any atom is 0.352 e. The summed E-state index contributed by atoms with van der Waals surface area (Å²) in [6.45, 7) is 5.19. The molecular formula is C22H22O7. The first-order valence-corrected chi connectivity index (χ1v) is 9.47. The van der Waals surface area contributed by atoms with E-state index in [1.807, 2.05) is 30.3 Å². The molecule has 1 aliphatic rings. The Bertz CT molecular complexity index is 990. The summed E-state index contributed by atoms with van der Waals surface area (Å²) < 4.78 is 21.3. The van der Waals surface area contributed by atoms with Crippen molar-refractivity contribution in [2.24, 2.45) is 0 Å². The molecule has 0 aromatic heterocycles. The monoisotopic (exact) mass is 398 g/mol. The largest absolute Gasteiger partial charge is 0.473 e. The summed E-state index contributed by atoms with van der Waals surface area (Å²) in [7, 11) is 0. The third-order valence-electron chi connectivity index (χ3n) is 4.39. The minimum Gasteiger partial charge on any atom is -0.473 e. The average Bonchev–Trinajstić information content (AvgIpc) is 2.72. The second-order valence-electron chi connectivity index (χ2n) is 6.14. The Kier molecular flexibility index (Phi) is 6.16. The summed E-state index contributed by atoms with van der Waals surface area (Å²) in [4.78, 5) is 38.3. The Balaban J connectivity index is 2.35. The highest BCUT2D eigenvalue weighted by atomic mass is 16.6. The molecule has 1 heterocycles.